The molecule has 0 saturated carbocycles. The van der Waals surface area contributed by atoms with E-state index in [4.69, 9.17) is 23.7 Å². The van der Waals surface area contributed by atoms with Gasteiger partial charge in [0.25, 0.3) is 5.91 Å². The fraction of sp³-hybridized carbons (Fsp3) is 0.239. The van der Waals surface area contributed by atoms with Gasteiger partial charge in [0.1, 0.15) is 43.7 Å². The number of carbonyl (C=O) groups excluding carboxylic acids is 5. The highest BCUT2D eigenvalue weighted by Gasteiger charge is 2.39. The highest BCUT2D eigenvalue weighted by atomic mass is 19.4. The largest absolute Gasteiger partial charge is 0.490 e. The van der Waals surface area contributed by atoms with Crippen molar-refractivity contribution >= 4 is 41.0 Å². The van der Waals surface area contributed by atoms with Crippen LogP contribution in [0.15, 0.2) is 109 Å². The molecule has 0 aliphatic heterocycles. The molecule has 0 bridgehead atoms. The highest BCUT2D eigenvalue weighted by molar-refractivity contribution is 6.11. The number of ketones is 1. The minimum absolute atomic E-state index is 0.0369. The monoisotopic (exact) mass is 896 g/mol. The Labute approximate surface area is 363 Å². The molecule has 64 heavy (non-hydrogen) atoms. The molecule has 0 heterocycles. The molecule has 0 spiro atoms. The van der Waals surface area contributed by atoms with Gasteiger partial charge in [0.2, 0.25) is 0 Å². The van der Waals surface area contributed by atoms with E-state index in [1.807, 2.05) is 0 Å². The van der Waals surface area contributed by atoms with E-state index < -0.39 is 75.5 Å². The number of anilines is 2. The van der Waals surface area contributed by atoms with E-state index in [-0.39, 0.29) is 78.2 Å². The zero-order valence-corrected chi connectivity index (χ0v) is 34.9. The van der Waals surface area contributed by atoms with Crippen molar-refractivity contribution in [1.29, 1.82) is 0 Å². The number of esters is 3. The number of amides is 1. The van der Waals surface area contributed by atoms with Crippen molar-refractivity contribution < 1.29 is 74.0 Å². The molecule has 4 aromatic carbocycles. The van der Waals surface area contributed by atoms with E-state index in [9.17, 15) is 50.3 Å². The molecule has 4 aromatic rings. The Morgan fingerprint density at radius 3 is 1.52 bits per heavy atom. The first-order chi connectivity index (χ1) is 30.0. The number of rotatable bonds is 19. The molecule has 12 nitrogen and oxygen atoms in total. The van der Waals surface area contributed by atoms with Gasteiger partial charge in [-0.2, -0.15) is 26.3 Å². The summed E-state index contributed by atoms with van der Waals surface area (Å²) in [6, 6.07) is 12.1. The van der Waals surface area contributed by atoms with Crippen LogP contribution in [0, 0.1) is 0 Å². The molecule has 4 rings (SSSR count). The number of ether oxygens (including phenoxy) is 5. The Balaban J connectivity index is 1.69. The molecule has 0 saturated heterocycles. The molecule has 0 radical (unpaired) electrons. The predicted molar refractivity (Wildman–Crippen MR) is 223 cm³/mol. The molecule has 0 aromatic heterocycles. The minimum Gasteiger partial charge on any atom is -0.490 e. The second-order valence-corrected chi connectivity index (χ2v) is 13.8. The van der Waals surface area contributed by atoms with E-state index in [0.29, 0.717) is 17.7 Å². The molecule has 338 valence electrons. The number of allylic oxidation sites excluding steroid dienone is 1. The molecule has 1 amide bonds. The lowest BCUT2D eigenvalue weighted by Gasteiger charge is -2.20. The van der Waals surface area contributed by atoms with E-state index in [0.717, 1.165) is 30.3 Å². The van der Waals surface area contributed by atoms with E-state index in [1.165, 1.54) is 44.2 Å². The maximum absolute atomic E-state index is 14.6. The summed E-state index contributed by atoms with van der Waals surface area (Å²) in [5.41, 5.74) is -5.39. The standard InChI is InChI=1S/C46H42F6N2O10/c1-8-53-29-9-13-33(39(21-29)45(47,48)49)34-14-10-30(22-40(34)46(50,51)52)54-41(56)38-24-32(12-16-36(38)44(59)62-18-17-60-28(7)25(2)3)64-31-11-15-35(37(23-31)27(6)55)43(58)63-20-19-61-42(57)26(4)5/h9-16,21-24,53H,2,4,7-8,17-20H2,1,3,5-6H3,(H,54,56). The lowest BCUT2D eigenvalue weighted by Crippen LogP contribution is -2.19. The Morgan fingerprint density at radius 2 is 1.03 bits per heavy atom. The molecule has 0 aliphatic carbocycles. The topological polar surface area (TPSA) is 156 Å². The number of benzene rings is 4. The van der Waals surface area contributed by atoms with Crippen LogP contribution < -0.4 is 15.4 Å². The van der Waals surface area contributed by atoms with Crippen LogP contribution in [0.3, 0.4) is 0 Å². The summed E-state index contributed by atoms with van der Waals surface area (Å²) < 4.78 is 113. The van der Waals surface area contributed by atoms with Gasteiger partial charge in [-0.3, -0.25) is 9.59 Å². The van der Waals surface area contributed by atoms with Gasteiger partial charge in [-0.25, -0.2) is 14.4 Å². The van der Waals surface area contributed by atoms with Crippen LogP contribution in [0.25, 0.3) is 11.1 Å². The molecule has 0 fully saturated rings. The maximum Gasteiger partial charge on any atom is 0.417 e. The first kappa shape index (κ1) is 49.3. The zero-order chi connectivity index (χ0) is 47.5. The summed E-state index contributed by atoms with van der Waals surface area (Å²) in [7, 11) is 0. The van der Waals surface area contributed by atoms with Gasteiger partial charge < -0.3 is 34.3 Å². The second-order valence-electron chi connectivity index (χ2n) is 13.8. The number of carbonyl (C=O) groups is 5. The van der Waals surface area contributed by atoms with Crippen LogP contribution in [0.1, 0.15) is 80.3 Å². The lowest BCUT2D eigenvalue weighted by atomic mass is 9.93. The average Bonchev–Trinajstić information content (AvgIpc) is 3.22. The third-order valence-corrected chi connectivity index (χ3v) is 8.83. The van der Waals surface area contributed by atoms with Crippen LogP contribution in [0.4, 0.5) is 37.7 Å². The summed E-state index contributed by atoms with van der Waals surface area (Å²) in [6.45, 7) is 15.8. The molecular weight excluding hydrogens is 854 g/mol. The summed E-state index contributed by atoms with van der Waals surface area (Å²) in [4.78, 5) is 64.2. The maximum atomic E-state index is 14.6. The van der Waals surface area contributed by atoms with Gasteiger partial charge in [0.15, 0.2) is 5.78 Å². The van der Waals surface area contributed by atoms with Crippen LogP contribution >= 0.6 is 0 Å². The first-order valence-corrected chi connectivity index (χ1v) is 19.1. The Kier molecular flexibility index (Phi) is 16.3. The van der Waals surface area contributed by atoms with Crippen LogP contribution in [-0.4, -0.2) is 62.6 Å². The van der Waals surface area contributed by atoms with Gasteiger partial charge in [-0.05, 0) is 105 Å². The summed E-state index contributed by atoms with van der Waals surface area (Å²) >= 11 is 0. The quantitative estimate of drug-likeness (QED) is 0.0135. The number of nitrogens with one attached hydrogen (secondary N) is 2. The lowest BCUT2D eigenvalue weighted by molar-refractivity contribution is -0.140. The molecule has 0 unspecified atom stereocenters. The van der Waals surface area contributed by atoms with Crippen molar-refractivity contribution in [3.05, 3.63) is 143 Å². The van der Waals surface area contributed by atoms with Gasteiger partial charge in [0.05, 0.1) is 27.8 Å². The van der Waals surface area contributed by atoms with E-state index in [2.05, 4.69) is 30.4 Å². The molecule has 2 N–H and O–H groups in total. The summed E-state index contributed by atoms with van der Waals surface area (Å²) in [5, 5.41) is 4.97. The van der Waals surface area contributed by atoms with Crippen molar-refractivity contribution in [3.8, 4) is 22.6 Å². The Bertz CT molecular complexity index is 2490. The van der Waals surface area contributed by atoms with Gasteiger partial charge in [-0.15, -0.1) is 0 Å². The fourth-order valence-electron chi connectivity index (χ4n) is 5.73. The van der Waals surface area contributed by atoms with Crippen molar-refractivity contribution in [1.82, 2.24) is 0 Å². The highest BCUT2D eigenvalue weighted by Crippen LogP contribution is 2.44. The van der Waals surface area contributed by atoms with Crippen molar-refractivity contribution in [2.75, 3.05) is 43.6 Å². The number of hydrogen-bond acceptors (Lipinski definition) is 11. The van der Waals surface area contributed by atoms with Gasteiger partial charge >= 0.3 is 30.3 Å². The smallest absolute Gasteiger partial charge is 0.417 e. The van der Waals surface area contributed by atoms with Gasteiger partial charge in [0, 0.05) is 29.1 Å². The zero-order valence-electron chi connectivity index (χ0n) is 34.9. The van der Waals surface area contributed by atoms with Crippen LogP contribution in [-0.2, 0) is 36.1 Å². The Morgan fingerprint density at radius 1 is 0.562 bits per heavy atom. The SMILES string of the molecule is C=C(C)C(=C)OCCOC(=O)c1ccc(Oc2ccc(C(=O)OCCOC(=O)C(=C)C)c(C(C)=O)c2)cc1C(=O)Nc1ccc(-c2ccc(NCC)cc2C(F)(F)F)c(C(F)(F)F)c1. The number of hydrogen-bond donors (Lipinski definition) is 2. The third kappa shape index (κ3) is 13.1. The van der Waals surface area contributed by atoms with Crippen molar-refractivity contribution in [2.45, 2.75) is 40.0 Å². The van der Waals surface area contributed by atoms with E-state index in [1.54, 1.807) is 13.8 Å². The summed E-state index contributed by atoms with van der Waals surface area (Å²) in [5.74, 6) is -4.39. The minimum atomic E-state index is -5.20. The number of alkyl halides is 6. The van der Waals surface area contributed by atoms with Crippen LogP contribution in [0.5, 0.6) is 11.5 Å². The average molecular weight is 897 g/mol. The number of Topliss-reactive ketones (excluding diaryl/α,β-unsaturated/α-hetero) is 1. The number of halogens is 6. The fourth-order valence-corrected chi connectivity index (χ4v) is 5.73. The predicted octanol–water partition coefficient (Wildman–Crippen LogP) is 10.6. The van der Waals surface area contributed by atoms with E-state index >= 15 is 0 Å². The second kappa shape index (κ2) is 21.1. The van der Waals surface area contributed by atoms with Crippen molar-refractivity contribution in [3.63, 3.8) is 0 Å². The Hall–Kier alpha value is -7.37. The van der Waals surface area contributed by atoms with Crippen LogP contribution in [0.2, 0.25) is 0 Å². The van der Waals surface area contributed by atoms with Crippen molar-refractivity contribution in [2.24, 2.45) is 0 Å². The normalized spacial score (nSPS) is 11.2. The molecular formula is C46H42F6N2O10. The molecule has 18 heteroatoms. The van der Waals surface area contributed by atoms with Gasteiger partial charge in [-0.1, -0.05) is 31.9 Å². The molecule has 0 aliphatic rings. The molecule has 0 atom stereocenters. The third-order valence-electron chi connectivity index (χ3n) is 8.83. The first-order valence-electron chi connectivity index (χ1n) is 19.1. The summed E-state index contributed by atoms with van der Waals surface area (Å²) in [6.07, 6.45) is -10.2.